The summed E-state index contributed by atoms with van der Waals surface area (Å²) in [4.78, 5) is 2.11. The van der Waals surface area contributed by atoms with Crippen molar-refractivity contribution in [2.24, 2.45) is 0 Å². The molecule has 1 aromatic heterocycles. The van der Waals surface area contributed by atoms with Crippen LogP contribution in [0.5, 0.6) is 0 Å². The van der Waals surface area contributed by atoms with Crippen LogP contribution in [0.1, 0.15) is 13.8 Å². The molecule has 0 saturated heterocycles. The lowest BCUT2D eigenvalue weighted by Gasteiger charge is -2.26. The zero-order chi connectivity index (χ0) is 11.8. The zero-order valence-corrected chi connectivity index (χ0v) is 10.7. The van der Waals surface area contributed by atoms with Crippen LogP contribution in [0.3, 0.4) is 0 Å². The minimum absolute atomic E-state index is 0.633. The van der Waals surface area contributed by atoms with E-state index < -0.39 is 5.60 Å². The molecule has 2 aromatic rings. The maximum Gasteiger partial charge on any atom is 0.0765 e. The van der Waals surface area contributed by atoms with E-state index in [0.717, 1.165) is 0 Å². The molecular weight excluding hydrogens is 218 g/mol. The lowest BCUT2D eigenvalue weighted by Crippen LogP contribution is -2.36. The van der Waals surface area contributed by atoms with E-state index in [2.05, 4.69) is 34.5 Å². The summed E-state index contributed by atoms with van der Waals surface area (Å²) < 4.78 is 1.29. The number of rotatable bonds is 3. The van der Waals surface area contributed by atoms with Crippen LogP contribution in [-0.2, 0) is 0 Å². The largest absolute Gasteiger partial charge is 0.389 e. The van der Waals surface area contributed by atoms with Crippen molar-refractivity contribution in [3.63, 3.8) is 0 Å². The molecule has 1 N–H and O–H groups in total. The molecular formula is C13H17NOS. The third-order valence-electron chi connectivity index (χ3n) is 2.50. The lowest BCUT2D eigenvalue weighted by molar-refractivity contribution is 0.0887. The van der Waals surface area contributed by atoms with Gasteiger partial charge in [-0.25, -0.2) is 0 Å². The van der Waals surface area contributed by atoms with Gasteiger partial charge in [0, 0.05) is 29.1 Å². The smallest absolute Gasteiger partial charge is 0.0765 e. The molecule has 0 radical (unpaired) electrons. The molecule has 0 saturated carbocycles. The van der Waals surface area contributed by atoms with Crippen LogP contribution in [0.2, 0.25) is 0 Å². The SMILES string of the molecule is CN(CC(C)(C)O)c1csc2ccccc12. The molecule has 0 amide bonds. The third-order valence-corrected chi connectivity index (χ3v) is 3.45. The molecule has 0 aliphatic rings. The van der Waals surface area contributed by atoms with Gasteiger partial charge in [0.15, 0.2) is 0 Å². The Kier molecular flexibility index (Phi) is 2.91. The fourth-order valence-electron chi connectivity index (χ4n) is 1.92. The molecule has 16 heavy (non-hydrogen) atoms. The maximum absolute atomic E-state index is 9.82. The highest BCUT2D eigenvalue weighted by atomic mass is 32.1. The number of nitrogens with zero attached hydrogens (tertiary/aromatic N) is 1. The molecule has 1 aromatic carbocycles. The zero-order valence-electron chi connectivity index (χ0n) is 9.90. The Morgan fingerprint density at radius 1 is 1.31 bits per heavy atom. The van der Waals surface area contributed by atoms with Crippen molar-refractivity contribution in [2.75, 3.05) is 18.5 Å². The molecule has 0 bridgehead atoms. The molecule has 2 nitrogen and oxygen atoms in total. The standard InChI is InChI=1S/C13H17NOS/c1-13(2,15)9-14(3)11-8-16-12-7-5-4-6-10(11)12/h4-8,15H,9H2,1-3H3. The van der Waals surface area contributed by atoms with Crippen molar-refractivity contribution >= 4 is 27.1 Å². The Morgan fingerprint density at radius 3 is 2.69 bits per heavy atom. The van der Waals surface area contributed by atoms with Crippen LogP contribution < -0.4 is 4.90 Å². The summed E-state index contributed by atoms with van der Waals surface area (Å²) >= 11 is 1.74. The summed E-state index contributed by atoms with van der Waals surface area (Å²) in [6.07, 6.45) is 0. The van der Waals surface area contributed by atoms with Crippen molar-refractivity contribution in [3.8, 4) is 0 Å². The van der Waals surface area contributed by atoms with E-state index in [9.17, 15) is 5.11 Å². The van der Waals surface area contributed by atoms with E-state index in [4.69, 9.17) is 0 Å². The van der Waals surface area contributed by atoms with Crippen molar-refractivity contribution in [1.82, 2.24) is 0 Å². The second kappa shape index (κ2) is 4.07. The van der Waals surface area contributed by atoms with Gasteiger partial charge in [0.2, 0.25) is 0 Å². The number of benzene rings is 1. The highest BCUT2D eigenvalue weighted by Gasteiger charge is 2.17. The summed E-state index contributed by atoms with van der Waals surface area (Å²) in [6, 6.07) is 8.36. The number of hydrogen-bond donors (Lipinski definition) is 1. The molecule has 0 atom stereocenters. The Bertz CT molecular complexity index is 484. The van der Waals surface area contributed by atoms with Gasteiger partial charge in [-0.05, 0) is 19.9 Å². The van der Waals surface area contributed by atoms with Crippen molar-refractivity contribution < 1.29 is 5.11 Å². The minimum Gasteiger partial charge on any atom is -0.389 e. The predicted molar refractivity (Wildman–Crippen MR) is 71.4 cm³/mol. The van der Waals surface area contributed by atoms with E-state index in [-0.39, 0.29) is 0 Å². The first-order valence-electron chi connectivity index (χ1n) is 5.37. The molecule has 0 aliphatic carbocycles. The highest BCUT2D eigenvalue weighted by molar-refractivity contribution is 7.17. The van der Waals surface area contributed by atoms with Crippen molar-refractivity contribution in [3.05, 3.63) is 29.6 Å². The molecule has 86 valence electrons. The van der Waals surface area contributed by atoms with Crippen LogP contribution in [0.15, 0.2) is 29.6 Å². The van der Waals surface area contributed by atoms with Crippen LogP contribution in [0, 0.1) is 0 Å². The third kappa shape index (κ3) is 2.36. The number of aliphatic hydroxyl groups is 1. The Hall–Kier alpha value is -1.06. The number of thiophene rings is 1. The molecule has 0 fully saturated rings. The first-order chi connectivity index (χ1) is 7.47. The highest BCUT2D eigenvalue weighted by Crippen LogP contribution is 2.32. The average molecular weight is 235 g/mol. The van der Waals surface area contributed by atoms with E-state index in [1.165, 1.54) is 15.8 Å². The predicted octanol–water partition coefficient (Wildman–Crippen LogP) is 3.11. The summed E-state index contributed by atoms with van der Waals surface area (Å²) in [6.45, 7) is 4.30. The number of anilines is 1. The van der Waals surface area contributed by atoms with E-state index in [1.807, 2.05) is 20.9 Å². The van der Waals surface area contributed by atoms with Crippen molar-refractivity contribution in [2.45, 2.75) is 19.4 Å². The molecule has 0 aliphatic heterocycles. The van der Waals surface area contributed by atoms with E-state index in [0.29, 0.717) is 6.54 Å². The summed E-state index contributed by atoms with van der Waals surface area (Å²) in [5.74, 6) is 0. The van der Waals surface area contributed by atoms with Crippen molar-refractivity contribution in [1.29, 1.82) is 0 Å². The monoisotopic (exact) mass is 235 g/mol. The second-order valence-electron chi connectivity index (χ2n) is 4.79. The molecule has 1 heterocycles. The normalized spacial score (nSPS) is 12.0. The summed E-state index contributed by atoms with van der Waals surface area (Å²) in [5, 5.41) is 13.2. The van der Waals surface area contributed by atoms with Gasteiger partial charge in [0.25, 0.3) is 0 Å². The Balaban J connectivity index is 2.33. The van der Waals surface area contributed by atoms with Gasteiger partial charge in [0.1, 0.15) is 0 Å². The van der Waals surface area contributed by atoms with Crippen LogP contribution in [-0.4, -0.2) is 24.3 Å². The minimum atomic E-state index is -0.669. The number of fused-ring (bicyclic) bond motifs is 1. The summed E-state index contributed by atoms with van der Waals surface area (Å²) in [7, 11) is 2.02. The van der Waals surface area contributed by atoms with Gasteiger partial charge >= 0.3 is 0 Å². The fourth-order valence-corrected chi connectivity index (χ4v) is 2.93. The maximum atomic E-state index is 9.82. The fraction of sp³-hybridized carbons (Fsp3) is 0.385. The molecule has 0 spiro atoms. The molecule has 0 unspecified atom stereocenters. The molecule has 2 rings (SSSR count). The second-order valence-corrected chi connectivity index (χ2v) is 5.70. The van der Waals surface area contributed by atoms with Crippen LogP contribution >= 0.6 is 11.3 Å². The van der Waals surface area contributed by atoms with Gasteiger partial charge in [-0.3, -0.25) is 0 Å². The van der Waals surface area contributed by atoms with Crippen LogP contribution in [0.25, 0.3) is 10.1 Å². The van der Waals surface area contributed by atoms with Gasteiger partial charge < -0.3 is 10.0 Å². The van der Waals surface area contributed by atoms with Gasteiger partial charge in [-0.2, -0.15) is 0 Å². The quantitative estimate of drug-likeness (QED) is 0.883. The number of hydrogen-bond acceptors (Lipinski definition) is 3. The van der Waals surface area contributed by atoms with Gasteiger partial charge in [-0.15, -0.1) is 11.3 Å². The topological polar surface area (TPSA) is 23.5 Å². The molecule has 3 heteroatoms. The van der Waals surface area contributed by atoms with E-state index in [1.54, 1.807) is 11.3 Å². The summed E-state index contributed by atoms with van der Waals surface area (Å²) in [5.41, 5.74) is 0.528. The Labute approximate surface area is 100 Å². The van der Waals surface area contributed by atoms with E-state index >= 15 is 0 Å². The lowest BCUT2D eigenvalue weighted by atomic mass is 10.1. The Morgan fingerprint density at radius 2 is 2.00 bits per heavy atom. The number of likely N-dealkylation sites (N-methyl/N-ethyl adjacent to an activating group) is 1. The van der Waals surface area contributed by atoms with Gasteiger partial charge in [0.05, 0.1) is 11.3 Å². The first kappa shape index (κ1) is 11.4. The average Bonchev–Trinajstić information content (AvgIpc) is 2.58. The first-order valence-corrected chi connectivity index (χ1v) is 6.25. The van der Waals surface area contributed by atoms with Gasteiger partial charge in [-0.1, -0.05) is 18.2 Å². The van der Waals surface area contributed by atoms with Crippen LogP contribution in [0.4, 0.5) is 5.69 Å².